The van der Waals surface area contributed by atoms with Crippen LogP contribution in [0, 0.1) is 0 Å². The quantitative estimate of drug-likeness (QED) is 0.707. The van der Waals surface area contributed by atoms with Crippen LogP contribution >= 0.6 is 0 Å². The summed E-state index contributed by atoms with van der Waals surface area (Å²) in [5, 5.41) is 0. The minimum Gasteiger partial charge on any atom is -0.496 e. The molecule has 0 atom stereocenters. The van der Waals surface area contributed by atoms with E-state index >= 15 is 0 Å². The van der Waals surface area contributed by atoms with Crippen molar-refractivity contribution in [2.75, 3.05) is 7.11 Å². The molecule has 1 aromatic carbocycles. The molecule has 0 saturated heterocycles. The number of ketones is 2. The minimum atomic E-state index is -0.707. The Hall–Kier alpha value is -1.64. The predicted octanol–water partition coefficient (Wildman–Crippen LogP) is 1.96. The molecule has 0 heterocycles. The van der Waals surface area contributed by atoms with Gasteiger partial charge < -0.3 is 4.74 Å². The number of methoxy groups -OCH3 is 1. The van der Waals surface area contributed by atoms with Crippen molar-refractivity contribution in [3.05, 3.63) is 29.8 Å². The number of rotatable bonds is 4. The van der Waals surface area contributed by atoms with Crippen molar-refractivity contribution in [2.24, 2.45) is 0 Å². The summed E-state index contributed by atoms with van der Waals surface area (Å²) in [7, 11) is 1.52. The van der Waals surface area contributed by atoms with Crippen LogP contribution in [-0.4, -0.2) is 18.7 Å². The lowest BCUT2D eigenvalue weighted by atomic mass is 9.91. The van der Waals surface area contributed by atoms with E-state index in [9.17, 15) is 9.59 Å². The molecular formula is C12H14O3. The van der Waals surface area contributed by atoms with Crippen LogP contribution in [-0.2, 0) is 9.59 Å². The van der Waals surface area contributed by atoms with Gasteiger partial charge in [-0.1, -0.05) is 18.2 Å². The van der Waals surface area contributed by atoms with Crippen LogP contribution in [0.4, 0.5) is 0 Å². The Kier molecular flexibility index (Phi) is 3.61. The van der Waals surface area contributed by atoms with Gasteiger partial charge in [0.1, 0.15) is 23.2 Å². The highest BCUT2D eigenvalue weighted by Gasteiger charge is 2.24. The summed E-state index contributed by atoms with van der Waals surface area (Å²) in [4.78, 5) is 22.8. The van der Waals surface area contributed by atoms with E-state index in [1.54, 1.807) is 24.3 Å². The summed E-state index contributed by atoms with van der Waals surface area (Å²) in [5.74, 6) is -0.451. The second-order valence-electron chi connectivity index (χ2n) is 3.40. The fourth-order valence-electron chi connectivity index (χ4n) is 1.63. The molecule has 1 aromatic rings. The van der Waals surface area contributed by atoms with Gasteiger partial charge in [-0.15, -0.1) is 0 Å². The zero-order valence-corrected chi connectivity index (χ0v) is 9.11. The third-order valence-corrected chi connectivity index (χ3v) is 2.26. The van der Waals surface area contributed by atoms with E-state index in [1.807, 2.05) is 0 Å². The number of benzene rings is 1. The Morgan fingerprint density at radius 2 is 1.67 bits per heavy atom. The maximum atomic E-state index is 11.4. The molecule has 0 bridgehead atoms. The third-order valence-electron chi connectivity index (χ3n) is 2.26. The van der Waals surface area contributed by atoms with Crippen LogP contribution in [0.3, 0.4) is 0 Å². The second-order valence-corrected chi connectivity index (χ2v) is 3.40. The van der Waals surface area contributed by atoms with Gasteiger partial charge in [-0.3, -0.25) is 9.59 Å². The summed E-state index contributed by atoms with van der Waals surface area (Å²) in [6, 6.07) is 7.08. The highest BCUT2D eigenvalue weighted by atomic mass is 16.5. The zero-order chi connectivity index (χ0) is 11.4. The topological polar surface area (TPSA) is 43.4 Å². The maximum absolute atomic E-state index is 11.4. The van der Waals surface area contributed by atoms with E-state index < -0.39 is 5.92 Å². The molecule has 3 nitrogen and oxygen atoms in total. The molecule has 80 valence electrons. The van der Waals surface area contributed by atoms with E-state index in [2.05, 4.69) is 0 Å². The first-order valence-electron chi connectivity index (χ1n) is 4.71. The Bertz CT molecular complexity index is 368. The summed E-state index contributed by atoms with van der Waals surface area (Å²) in [6.07, 6.45) is 0. The molecule has 0 aliphatic rings. The maximum Gasteiger partial charge on any atom is 0.144 e. The molecular weight excluding hydrogens is 192 g/mol. The van der Waals surface area contributed by atoms with Gasteiger partial charge in [0.2, 0.25) is 0 Å². The van der Waals surface area contributed by atoms with Gasteiger partial charge in [-0.25, -0.2) is 0 Å². The molecule has 0 spiro atoms. The summed E-state index contributed by atoms with van der Waals surface area (Å²) in [6.45, 7) is 2.83. The third kappa shape index (κ3) is 2.43. The molecule has 15 heavy (non-hydrogen) atoms. The van der Waals surface area contributed by atoms with Gasteiger partial charge in [0, 0.05) is 5.56 Å². The number of hydrogen-bond donors (Lipinski definition) is 0. The van der Waals surface area contributed by atoms with Crippen molar-refractivity contribution >= 4 is 11.6 Å². The highest BCUT2D eigenvalue weighted by molar-refractivity contribution is 6.06. The monoisotopic (exact) mass is 206 g/mol. The van der Waals surface area contributed by atoms with Gasteiger partial charge in [-0.05, 0) is 19.9 Å². The van der Waals surface area contributed by atoms with E-state index in [1.165, 1.54) is 21.0 Å². The van der Waals surface area contributed by atoms with Crippen LogP contribution in [0.2, 0.25) is 0 Å². The summed E-state index contributed by atoms with van der Waals surface area (Å²) in [5.41, 5.74) is 0.639. The van der Waals surface area contributed by atoms with Crippen LogP contribution in [0.25, 0.3) is 0 Å². The number of carbonyl (C=O) groups is 2. The zero-order valence-electron chi connectivity index (χ0n) is 9.11. The van der Waals surface area contributed by atoms with E-state index in [0.717, 1.165) is 0 Å². The SMILES string of the molecule is COc1ccccc1C(C(C)=O)C(C)=O. The number of carbonyl (C=O) groups excluding carboxylic acids is 2. The molecule has 0 fully saturated rings. The normalized spacial score (nSPS) is 10.1. The van der Waals surface area contributed by atoms with Crippen molar-refractivity contribution in [3.63, 3.8) is 0 Å². The first kappa shape index (κ1) is 11.4. The molecule has 0 amide bonds. The van der Waals surface area contributed by atoms with Crippen molar-refractivity contribution in [3.8, 4) is 5.75 Å². The molecule has 0 aliphatic heterocycles. The van der Waals surface area contributed by atoms with Crippen molar-refractivity contribution in [2.45, 2.75) is 19.8 Å². The predicted molar refractivity (Wildman–Crippen MR) is 57.1 cm³/mol. The molecule has 0 aromatic heterocycles. The molecule has 0 saturated carbocycles. The summed E-state index contributed by atoms with van der Waals surface area (Å²) < 4.78 is 5.12. The van der Waals surface area contributed by atoms with Gasteiger partial charge in [0.15, 0.2) is 0 Å². The molecule has 0 unspecified atom stereocenters. The number of para-hydroxylation sites is 1. The molecule has 0 N–H and O–H groups in total. The summed E-state index contributed by atoms with van der Waals surface area (Å²) >= 11 is 0. The smallest absolute Gasteiger partial charge is 0.144 e. The molecule has 0 radical (unpaired) electrons. The second kappa shape index (κ2) is 4.73. The van der Waals surface area contributed by atoms with Gasteiger partial charge in [0.05, 0.1) is 7.11 Å². The first-order valence-corrected chi connectivity index (χ1v) is 4.71. The molecule has 3 heteroatoms. The average Bonchev–Trinajstić information content (AvgIpc) is 2.17. The average molecular weight is 206 g/mol. The molecule has 0 aliphatic carbocycles. The number of ether oxygens (including phenoxy) is 1. The van der Waals surface area contributed by atoms with E-state index in [4.69, 9.17) is 4.74 Å². The lowest BCUT2D eigenvalue weighted by molar-refractivity contribution is -0.126. The Balaban J connectivity index is 3.22. The number of hydrogen-bond acceptors (Lipinski definition) is 3. The van der Waals surface area contributed by atoms with Crippen LogP contribution < -0.4 is 4.74 Å². The lowest BCUT2D eigenvalue weighted by Gasteiger charge is -2.14. The van der Waals surface area contributed by atoms with Crippen molar-refractivity contribution < 1.29 is 14.3 Å². The van der Waals surface area contributed by atoms with E-state index in [-0.39, 0.29) is 11.6 Å². The highest BCUT2D eigenvalue weighted by Crippen LogP contribution is 2.27. The van der Waals surface area contributed by atoms with Gasteiger partial charge in [-0.2, -0.15) is 0 Å². The lowest BCUT2D eigenvalue weighted by Crippen LogP contribution is -2.17. The standard InChI is InChI=1S/C12H14O3/c1-8(13)12(9(2)14)10-6-4-5-7-11(10)15-3/h4-7,12H,1-3H3. The van der Waals surface area contributed by atoms with Crippen molar-refractivity contribution in [1.29, 1.82) is 0 Å². The Morgan fingerprint density at radius 3 is 2.13 bits per heavy atom. The van der Waals surface area contributed by atoms with Crippen LogP contribution in [0.1, 0.15) is 25.3 Å². The Morgan fingerprint density at radius 1 is 1.13 bits per heavy atom. The van der Waals surface area contributed by atoms with Gasteiger partial charge >= 0.3 is 0 Å². The fourth-order valence-corrected chi connectivity index (χ4v) is 1.63. The number of Topliss-reactive ketones (excluding diaryl/α,β-unsaturated/α-hetero) is 2. The van der Waals surface area contributed by atoms with E-state index in [0.29, 0.717) is 11.3 Å². The minimum absolute atomic E-state index is 0.160. The van der Waals surface area contributed by atoms with Gasteiger partial charge in [0.25, 0.3) is 0 Å². The van der Waals surface area contributed by atoms with Crippen LogP contribution in [0.15, 0.2) is 24.3 Å². The molecule has 1 rings (SSSR count). The first-order chi connectivity index (χ1) is 7.07. The largest absolute Gasteiger partial charge is 0.496 e. The van der Waals surface area contributed by atoms with Crippen molar-refractivity contribution in [1.82, 2.24) is 0 Å². The van der Waals surface area contributed by atoms with Crippen LogP contribution in [0.5, 0.6) is 5.75 Å². The fraction of sp³-hybridized carbons (Fsp3) is 0.333. The Labute approximate surface area is 89.1 Å².